The van der Waals surface area contributed by atoms with Crippen LogP contribution in [0.1, 0.15) is 19.8 Å². The molecule has 64 valence electrons. The van der Waals surface area contributed by atoms with Gasteiger partial charge in [-0.1, -0.05) is 6.92 Å². The van der Waals surface area contributed by atoms with Crippen LogP contribution in [0.3, 0.4) is 0 Å². The summed E-state index contributed by atoms with van der Waals surface area (Å²) >= 11 is 0. The van der Waals surface area contributed by atoms with E-state index in [0.717, 1.165) is 0 Å². The zero-order chi connectivity index (χ0) is 8.15. The number of hydrogen-bond acceptors (Lipinski definition) is 3. The van der Waals surface area contributed by atoms with Crippen LogP contribution in [0, 0.1) is 5.41 Å². The van der Waals surface area contributed by atoms with Crippen molar-refractivity contribution < 1.29 is 19.4 Å². The van der Waals surface area contributed by atoms with Gasteiger partial charge in [0.1, 0.15) is 6.42 Å². The summed E-state index contributed by atoms with van der Waals surface area (Å²) in [7, 11) is 0. The van der Waals surface area contributed by atoms with Crippen LogP contribution in [0.25, 0.3) is 0 Å². The molecule has 0 atom stereocenters. The van der Waals surface area contributed by atoms with Crippen LogP contribution in [-0.2, 0) is 9.59 Å². The van der Waals surface area contributed by atoms with Gasteiger partial charge in [0.05, 0.1) is 5.71 Å². The number of hydrogen-bond donors (Lipinski definition) is 2. The molecule has 0 radical (unpaired) electrons. The van der Waals surface area contributed by atoms with Crippen LogP contribution >= 0.6 is 0 Å². The third-order valence-corrected chi connectivity index (χ3v) is 1.00. The average Bonchev–Trinajstić information content (AvgIpc) is 1.85. The maximum Gasteiger partial charge on any atom is 0.311 e. The minimum atomic E-state index is -1.18. The molecular formula is C6H10FNO3. The Morgan fingerprint density at radius 2 is 1.91 bits per heavy atom. The molecule has 0 aromatic carbocycles. The molecule has 0 aromatic rings. The Morgan fingerprint density at radius 3 is 2.18 bits per heavy atom. The number of carbonyl (C=O) groups is 2. The van der Waals surface area contributed by atoms with Crippen LogP contribution in [0.5, 0.6) is 0 Å². The highest BCUT2D eigenvalue weighted by Crippen LogP contribution is 1.89. The van der Waals surface area contributed by atoms with Crippen LogP contribution in [0.4, 0.5) is 4.70 Å². The lowest BCUT2D eigenvalue weighted by molar-refractivity contribution is -0.139. The molecule has 0 rings (SSSR count). The summed E-state index contributed by atoms with van der Waals surface area (Å²) in [6.45, 7) is 1.64. The summed E-state index contributed by atoms with van der Waals surface area (Å²) in [4.78, 5) is 20.5. The number of rotatable bonds is 4. The van der Waals surface area contributed by atoms with Gasteiger partial charge in [0, 0.05) is 0 Å². The molecule has 0 aliphatic carbocycles. The van der Waals surface area contributed by atoms with Gasteiger partial charge in [-0.2, -0.15) is 0 Å². The number of ketones is 1. The zero-order valence-electron chi connectivity index (χ0n) is 6.09. The maximum absolute atomic E-state index is 10.6. The highest BCUT2D eigenvalue weighted by molar-refractivity contribution is 6.40. The van der Waals surface area contributed by atoms with E-state index >= 15 is 0 Å². The lowest BCUT2D eigenvalue weighted by Gasteiger charge is -1.93. The SMILES string of the molecule is CCC(=N)C(=O)CC(=O)O.F. The van der Waals surface area contributed by atoms with Crippen LogP contribution in [0.2, 0.25) is 0 Å². The predicted octanol–water partition coefficient (Wildman–Crippen LogP) is 0.612. The molecule has 0 heterocycles. The molecule has 0 aliphatic rings. The van der Waals surface area contributed by atoms with Crippen molar-refractivity contribution in [2.24, 2.45) is 0 Å². The predicted molar refractivity (Wildman–Crippen MR) is 37.8 cm³/mol. The summed E-state index contributed by atoms with van der Waals surface area (Å²) < 4.78 is 0. The first kappa shape index (κ1) is 12.4. The van der Waals surface area contributed by atoms with Crippen molar-refractivity contribution in [3.05, 3.63) is 0 Å². The molecular weight excluding hydrogens is 153 g/mol. The average molecular weight is 163 g/mol. The number of carbonyl (C=O) groups excluding carboxylic acids is 1. The Bertz CT molecular complexity index is 179. The third kappa shape index (κ3) is 5.20. The third-order valence-electron chi connectivity index (χ3n) is 1.00. The molecule has 11 heavy (non-hydrogen) atoms. The van der Waals surface area contributed by atoms with Crippen molar-refractivity contribution in [1.82, 2.24) is 0 Å². The van der Waals surface area contributed by atoms with Gasteiger partial charge >= 0.3 is 5.97 Å². The molecule has 0 amide bonds. The summed E-state index contributed by atoms with van der Waals surface area (Å²) in [6, 6.07) is 0. The molecule has 2 N–H and O–H groups in total. The Labute approximate surface area is 63.1 Å². The number of carboxylic acids is 1. The van der Waals surface area contributed by atoms with Crippen LogP contribution in [0.15, 0.2) is 0 Å². The van der Waals surface area contributed by atoms with Crippen molar-refractivity contribution >= 4 is 17.5 Å². The fraction of sp³-hybridized carbons (Fsp3) is 0.500. The van der Waals surface area contributed by atoms with Gasteiger partial charge in [-0.3, -0.25) is 14.3 Å². The molecule has 0 unspecified atom stereocenters. The van der Waals surface area contributed by atoms with E-state index in [4.69, 9.17) is 10.5 Å². The maximum atomic E-state index is 10.6. The van der Waals surface area contributed by atoms with Gasteiger partial charge < -0.3 is 10.5 Å². The number of carboxylic acid groups (broad SMARTS) is 1. The molecule has 0 saturated carbocycles. The number of Topliss-reactive ketones (excluding diaryl/α,β-unsaturated/α-hetero) is 1. The lowest BCUT2D eigenvalue weighted by Crippen LogP contribution is -2.15. The second kappa shape index (κ2) is 5.52. The fourth-order valence-corrected chi connectivity index (χ4v) is 0.441. The molecule has 0 aliphatic heterocycles. The smallest absolute Gasteiger partial charge is 0.311 e. The monoisotopic (exact) mass is 163 g/mol. The first-order chi connectivity index (χ1) is 4.57. The van der Waals surface area contributed by atoms with Crippen LogP contribution in [-0.4, -0.2) is 22.6 Å². The summed E-state index contributed by atoms with van der Waals surface area (Å²) in [6.07, 6.45) is -0.265. The van der Waals surface area contributed by atoms with Crippen molar-refractivity contribution in [2.75, 3.05) is 0 Å². The number of halogens is 1. The van der Waals surface area contributed by atoms with Crippen LogP contribution < -0.4 is 0 Å². The van der Waals surface area contributed by atoms with Gasteiger partial charge in [-0.25, -0.2) is 0 Å². The van der Waals surface area contributed by atoms with Gasteiger partial charge in [0.25, 0.3) is 0 Å². The summed E-state index contributed by atoms with van der Waals surface area (Å²) in [5.74, 6) is -1.78. The van der Waals surface area contributed by atoms with E-state index in [2.05, 4.69) is 0 Å². The summed E-state index contributed by atoms with van der Waals surface area (Å²) in [5, 5.41) is 15.0. The standard InChI is InChI=1S/C6H9NO3.FH/c1-2-4(7)5(8)3-6(9)10;/h7H,2-3H2,1H3,(H,9,10);1H. The largest absolute Gasteiger partial charge is 0.481 e. The minimum absolute atomic E-state index is 0. The van der Waals surface area contributed by atoms with Crippen molar-refractivity contribution in [1.29, 1.82) is 5.41 Å². The second-order valence-electron chi connectivity index (χ2n) is 1.83. The van der Waals surface area contributed by atoms with Crippen molar-refractivity contribution in [3.8, 4) is 0 Å². The van der Waals surface area contributed by atoms with E-state index in [1.807, 2.05) is 0 Å². The Balaban J connectivity index is 0. The van der Waals surface area contributed by atoms with E-state index in [0.29, 0.717) is 6.42 Å². The quantitative estimate of drug-likeness (QED) is 0.470. The number of nitrogens with one attached hydrogen (secondary N) is 1. The zero-order valence-corrected chi connectivity index (χ0v) is 6.09. The topological polar surface area (TPSA) is 78.2 Å². The molecule has 0 bridgehead atoms. The molecule has 5 heteroatoms. The highest BCUT2D eigenvalue weighted by atomic mass is 19.0. The van der Waals surface area contributed by atoms with E-state index in [1.54, 1.807) is 6.92 Å². The first-order valence-corrected chi connectivity index (χ1v) is 2.90. The second-order valence-corrected chi connectivity index (χ2v) is 1.83. The van der Waals surface area contributed by atoms with E-state index in [-0.39, 0.29) is 10.4 Å². The normalized spacial score (nSPS) is 8.09. The molecule has 0 spiro atoms. The van der Waals surface area contributed by atoms with Gasteiger partial charge in [-0.05, 0) is 6.42 Å². The van der Waals surface area contributed by atoms with E-state index in [9.17, 15) is 9.59 Å². The fourth-order valence-electron chi connectivity index (χ4n) is 0.441. The molecule has 0 aromatic heterocycles. The Morgan fingerprint density at radius 1 is 1.45 bits per heavy atom. The Hall–Kier alpha value is -1.26. The first-order valence-electron chi connectivity index (χ1n) is 2.90. The van der Waals surface area contributed by atoms with Gasteiger partial charge in [-0.15, -0.1) is 0 Å². The van der Waals surface area contributed by atoms with Gasteiger partial charge in [0.15, 0.2) is 5.78 Å². The molecule has 4 nitrogen and oxygen atoms in total. The van der Waals surface area contributed by atoms with Crippen molar-refractivity contribution in [2.45, 2.75) is 19.8 Å². The lowest BCUT2D eigenvalue weighted by atomic mass is 10.1. The Kier molecular flexibility index (Phi) is 6.23. The van der Waals surface area contributed by atoms with E-state index in [1.165, 1.54) is 0 Å². The van der Waals surface area contributed by atoms with E-state index < -0.39 is 18.2 Å². The highest BCUT2D eigenvalue weighted by Gasteiger charge is 2.10. The van der Waals surface area contributed by atoms with Gasteiger partial charge in [0.2, 0.25) is 0 Å². The molecule has 0 fully saturated rings. The minimum Gasteiger partial charge on any atom is -0.481 e. The molecule has 0 saturated heterocycles. The number of aliphatic carboxylic acids is 1. The van der Waals surface area contributed by atoms with Crippen molar-refractivity contribution in [3.63, 3.8) is 0 Å². The summed E-state index contributed by atoms with van der Waals surface area (Å²) in [5.41, 5.74) is -0.123.